The number of ketones is 1. The number of carbonyl (C=O) groups excluding carboxylic acids is 3. The Morgan fingerprint density at radius 3 is 2.32 bits per heavy atom. The first-order valence-corrected chi connectivity index (χ1v) is 8.22. The van der Waals surface area contributed by atoms with Gasteiger partial charge in [0.05, 0.1) is 0 Å². The van der Waals surface area contributed by atoms with Gasteiger partial charge in [-0.15, -0.1) is 11.3 Å². The number of ether oxygens (including phenoxy) is 1. The van der Waals surface area contributed by atoms with Crippen LogP contribution in [0.5, 0.6) is 0 Å². The number of hydrogen-bond donors (Lipinski definition) is 2. The van der Waals surface area contributed by atoms with Crippen LogP contribution in [-0.4, -0.2) is 39.7 Å². The molecular weight excluding hydrogens is 348 g/mol. The SMILES string of the molecule is CC(=O)C(C)(C)ON=C(C(N)=O)c1csc(NC(=O)OC(C)(C)C)n1. The van der Waals surface area contributed by atoms with Crippen LogP contribution in [0.3, 0.4) is 0 Å². The van der Waals surface area contributed by atoms with Crippen LogP contribution in [0.1, 0.15) is 47.2 Å². The van der Waals surface area contributed by atoms with Gasteiger partial charge in [-0.2, -0.15) is 0 Å². The molecular formula is C15H22N4O5S. The van der Waals surface area contributed by atoms with Crippen molar-refractivity contribution < 1.29 is 24.0 Å². The van der Waals surface area contributed by atoms with Gasteiger partial charge in [0.25, 0.3) is 5.91 Å². The maximum absolute atomic E-state index is 11.7. The molecule has 0 unspecified atom stereocenters. The lowest BCUT2D eigenvalue weighted by Crippen LogP contribution is -2.33. The number of nitrogens with zero attached hydrogens (tertiary/aromatic N) is 2. The number of thiazole rings is 1. The Hall–Kier alpha value is -2.49. The molecule has 0 fully saturated rings. The largest absolute Gasteiger partial charge is 0.444 e. The number of nitrogens with two attached hydrogens (primary N) is 1. The van der Waals surface area contributed by atoms with Gasteiger partial charge in [-0.05, 0) is 41.5 Å². The fourth-order valence-electron chi connectivity index (χ4n) is 1.27. The van der Waals surface area contributed by atoms with Gasteiger partial charge in [-0.3, -0.25) is 14.9 Å². The van der Waals surface area contributed by atoms with Crippen molar-refractivity contribution in [2.75, 3.05) is 5.32 Å². The van der Waals surface area contributed by atoms with Gasteiger partial charge in [-0.25, -0.2) is 9.78 Å². The molecule has 1 heterocycles. The van der Waals surface area contributed by atoms with E-state index in [0.29, 0.717) is 0 Å². The summed E-state index contributed by atoms with van der Waals surface area (Å²) in [6, 6.07) is 0. The summed E-state index contributed by atoms with van der Waals surface area (Å²) in [4.78, 5) is 43.9. The van der Waals surface area contributed by atoms with E-state index in [9.17, 15) is 14.4 Å². The molecule has 25 heavy (non-hydrogen) atoms. The van der Waals surface area contributed by atoms with Crippen LogP contribution in [0, 0.1) is 0 Å². The normalized spacial score (nSPS) is 12.5. The summed E-state index contributed by atoms with van der Waals surface area (Å²) >= 11 is 1.06. The van der Waals surface area contributed by atoms with E-state index in [1.165, 1.54) is 26.2 Å². The Kier molecular flexibility index (Phi) is 6.25. The number of oxime groups is 1. The van der Waals surface area contributed by atoms with E-state index in [4.69, 9.17) is 15.3 Å². The number of anilines is 1. The molecule has 1 rings (SSSR count). The van der Waals surface area contributed by atoms with Crippen molar-refractivity contribution in [3.05, 3.63) is 11.1 Å². The second-order valence-electron chi connectivity index (χ2n) is 6.63. The van der Waals surface area contributed by atoms with Crippen LogP contribution >= 0.6 is 11.3 Å². The summed E-state index contributed by atoms with van der Waals surface area (Å²) in [7, 11) is 0. The van der Waals surface area contributed by atoms with E-state index >= 15 is 0 Å². The highest BCUT2D eigenvalue weighted by atomic mass is 32.1. The van der Waals surface area contributed by atoms with Gasteiger partial charge in [0.2, 0.25) is 0 Å². The molecule has 0 radical (unpaired) electrons. The van der Waals surface area contributed by atoms with Crippen molar-refractivity contribution in [1.29, 1.82) is 0 Å². The van der Waals surface area contributed by atoms with Crippen LogP contribution in [0.25, 0.3) is 0 Å². The molecule has 1 aromatic heterocycles. The van der Waals surface area contributed by atoms with E-state index in [1.807, 2.05) is 0 Å². The molecule has 0 atom stereocenters. The summed E-state index contributed by atoms with van der Waals surface area (Å²) in [5.74, 6) is -1.15. The zero-order valence-corrected chi connectivity index (χ0v) is 15.8. The maximum Gasteiger partial charge on any atom is 0.413 e. The molecule has 138 valence electrons. The number of hydrogen-bond acceptors (Lipinski definition) is 8. The number of primary amides is 1. The zero-order chi connectivity index (χ0) is 19.4. The Morgan fingerprint density at radius 1 is 1.24 bits per heavy atom. The van der Waals surface area contributed by atoms with Crippen molar-refractivity contribution in [2.24, 2.45) is 10.9 Å². The summed E-state index contributed by atoms with van der Waals surface area (Å²) in [5, 5.41) is 7.78. The molecule has 0 bridgehead atoms. The molecule has 9 nitrogen and oxygen atoms in total. The third-order valence-electron chi connectivity index (χ3n) is 2.80. The molecule has 3 N–H and O–H groups in total. The van der Waals surface area contributed by atoms with Crippen molar-refractivity contribution in [1.82, 2.24) is 4.98 Å². The third kappa shape index (κ3) is 6.49. The smallest absolute Gasteiger partial charge is 0.413 e. The van der Waals surface area contributed by atoms with Gasteiger partial charge >= 0.3 is 6.09 Å². The molecule has 0 aliphatic rings. The van der Waals surface area contributed by atoms with Crippen molar-refractivity contribution in [2.45, 2.75) is 52.7 Å². The Balaban J connectivity index is 2.94. The molecule has 0 saturated carbocycles. The van der Waals surface area contributed by atoms with E-state index in [2.05, 4.69) is 15.5 Å². The third-order valence-corrected chi connectivity index (χ3v) is 3.56. The summed E-state index contributed by atoms with van der Waals surface area (Å²) in [6.45, 7) is 9.54. The minimum Gasteiger partial charge on any atom is -0.444 e. The lowest BCUT2D eigenvalue weighted by atomic mass is 10.1. The topological polar surface area (TPSA) is 133 Å². The zero-order valence-electron chi connectivity index (χ0n) is 15.0. The van der Waals surface area contributed by atoms with Gasteiger partial charge in [0.15, 0.2) is 22.2 Å². The summed E-state index contributed by atoms with van der Waals surface area (Å²) in [5.41, 5.74) is 3.27. The first-order valence-electron chi connectivity index (χ1n) is 7.35. The standard InChI is InChI=1S/C15H22N4O5S/c1-8(20)15(5,6)24-19-10(11(16)21)9-7-25-12(17-9)18-13(22)23-14(2,3)4/h7H,1-6H3,(H2,16,21)(H,17,18,22). The second kappa shape index (κ2) is 7.60. The van der Waals surface area contributed by atoms with Gasteiger partial charge in [0.1, 0.15) is 11.3 Å². The van der Waals surface area contributed by atoms with Crippen LogP contribution in [0.15, 0.2) is 10.5 Å². The van der Waals surface area contributed by atoms with E-state index < -0.39 is 23.2 Å². The van der Waals surface area contributed by atoms with Crippen molar-refractivity contribution in [3.8, 4) is 0 Å². The Morgan fingerprint density at radius 2 is 1.84 bits per heavy atom. The molecule has 10 heteroatoms. The number of nitrogens with one attached hydrogen (secondary N) is 1. The first-order chi connectivity index (χ1) is 11.3. The summed E-state index contributed by atoms with van der Waals surface area (Å²) in [6.07, 6.45) is -0.681. The Bertz CT molecular complexity index is 703. The van der Waals surface area contributed by atoms with Crippen LogP contribution in [0.2, 0.25) is 0 Å². The predicted octanol–water partition coefficient (Wildman–Crippen LogP) is 2.06. The minimum absolute atomic E-state index is 0.114. The number of rotatable bonds is 6. The minimum atomic E-state index is -1.21. The van der Waals surface area contributed by atoms with E-state index in [0.717, 1.165) is 11.3 Å². The fraction of sp³-hybridized carbons (Fsp3) is 0.533. The quantitative estimate of drug-likeness (QED) is 0.582. The first kappa shape index (κ1) is 20.6. The maximum atomic E-state index is 11.7. The average molecular weight is 370 g/mol. The molecule has 0 aliphatic carbocycles. The number of Topliss-reactive ketones (excluding diaryl/α,β-unsaturated/α-hetero) is 1. The van der Waals surface area contributed by atoms with Crippen LogP contribution in [0.4, 0.5) is 9.93 Å². The molecule has 2 amide bonds. The molecule has 0 aromatic carbocycles. The monoisotopic (exact) mass is 370 g/mol. The van der Waals surface area contributed by atoms with E-state index in [-0.39, 0.29) is 22.3 Å². The molecule has 1 aromatic rings. The van der Waals surface area contributed by atoms with Crippen molar-refractivity contribution >= 4 is 40.0 Å². The predicted molar refractivity (Wildman–Crippen MR) is 93.5 cm³/mol. The highest BCUT2D eigenvalue weighted by molar-refractivity contribution is 7.14. The van der Waals surface area contributed by atoms with Crippen LogP contribution < -0.4 is 11.1 Å². The van der Waals surface area contributed by atoms with E-state index in [1.54, 1.807) is 20.8 Å². The lowest BCUT2D eigenvalue weighted by molar-refractivity contribution is -0.138. The Labute approximate surface area is 149 Å². The van der Waals surface area contributed by atoms with Crippen LogP contribution in [-0.2, 0) is 19.2 Å². The molecule has 0 spiro atoms. The van der Waals surface area contributed by atoms with Crippen molar-refractivity contribution in [3.63, 3.8) is 0 Å². The molecule has 0 aliphatic heterocycles. The number of aromatic nitrogens is 1. The van der Waals surface area contributed by atoms with Gasteiger partial charge in [0, 0.05) is 5.38 Å². The fourth-order valence-corrected chi connectivity index (χ4v) is 1.95. The summed E-state index contributed by atoms with van der Waals surface area (Å²) < 4.78 is 5.11. The number of amides is 2. The van der Waals surface area contributed by atoms with Gasteiger partial charge < -0.3 is 15.3 Å². The average Bonchev–Trinajstić information content (AvgIpc) is 2.83. The second-order valence-corrected chi connectivity index (χ2v) is 7.48. The highest BCUT2D eigenvalue weighted by Crippen LogP contribution is 2.19. The number of carbonyl (C=O) groups is 3. The van der Waals surface area contributed by atoms with Gasteiger partial charge in [-0.1, -0.05) is 5.16 Å². The highest BCUT2D eigenvalue weighted by Gasteiger charge is 2.27. The lowest BCUT2D eigenvalue weighted by Gasteiger charge is -2.19. The molecule has 0 saturated heterocycles.